The van der Waals surface area contributed by atoms with Crippen molar-refractivity contribution in [3.63, 3.8) is 0 Å². The van der Waals surface area contributed by atoms with Crippen LogP contribution in [0.4, 0.5) is 4.79 Å². The summed E-state index contributed by atoms with van der Waals surface area (Å²) < 4.78 is 0. The largest absolute Gasteiger partial charge is 0.411 e. The minimum absolute atomic E-state index is 0.136. The molecule has 1 saturated heterocycles. The second-order valence-corrected chi connectivity index (χ2v) is 4.13. The molecule has 2 N–H and O–H groups in total. The van der Waals surface area contributed by atoms with Gasteiger partial charge in [-0.2, -0.15) is 0 Å². The molecule has 0 aliphatic carbocycles. The molecule has 1 aliphatic heterocycles. The van der Waals surface area contributed by atoms with E-state index >= 15 is 0 Å². The fraction of sp³-hybridized carbons (Fsp3) is 0.818. The van der Waals surface area contributed by atoms with Crippen LogP contribution in [0.1, 0.15) is 39.0 Å². The first-order valence-electron chi connectivity index (χ1n) is 6.15. The fourth-order valence-electron chi connectivity index (χ4n) is 1.83. The monoisotopic (exact) mass is 243 g/mol. The Bertz CT molecular complexity index is 258. The maximum atomic E-state index is 11.8. The van der Waals surface area contributed by atoms with Crippen molar-refractivity contribution >= 4 is 12.2 Å². The van der Waals surface area contributed by atoms with Crippen LogP contribution in [0.5, 0.6) is 0 Å². The molecule has 0 aromatic carbocycles. The van der Waals surface area contributed by atoms with E-state index in [4.69, 9.17) is 10.0 Å². The fourth-order valence-corrected chi connectivity index (χ4v) is 1.83. The van der Waals surface area contributed by atoms with Crippen LogP contribution in [0.15, 0.2) is 5.16 Å². The van der Waals surface area contributed by atoms with E-state index in [0.717, 1.165) is 32.1 Å². The van der Waals surface area contributed by atoms with Crippen LogP contribution in [-0.2, 0) is 4.84 Å². The maximum absolute atomic E-state index is 11.8. The van der Waals surface area contributed by atoms with Crippen LogP contribution in [-0.4, -0.2) is 41.5 Å². The molecule has 98 valence electrons. The number of carbonyl (C=O) groups excluding carboxylic acids is 1. The SMILES string of the molecule is CCCCONC(=O)N1CCCC[C@H]1/C=N/O. The summed E-state index contributed by atoms with van der Waals surface area (Å²) in [5.41, 5.74) is 2.42. The molecule has 0 aromatic rings. The zero-order valence-corrected chi connectivity index (χ0v) is 10.3. The minimum atomic E-state index is -0.259. The maximum Gasteiger partial charge on any atom is 0.341 e. The molecule has 6 heteroatoms. The predicted octanol–water partition coefficient (Wildman–Crippen LogP) is 1.74. The zero-order chi connectivity index (χ0) is 12.5. The molecule has 0 radical (unpaired) electrons. The van der Waals surface area contributed by atoms with Crippen molar-refractivity contribution in [3.8, 4) is 0 Å². The third-order valence-corrected chi connectivity index (χ3v) is 2.81. The van der Waals surface area contributed by atoms with Crippen LogP contribution < -0.4 is 5.48 Å². The van der Waals surface area contributed by atoms with E-state index in [0.29, 0.717) is 13.2 Å². The summed E-state index contributed by atoms with van der Waals surface area (Å²) in [6.45, 7) is 3.25. The molecule has 0 aromatic heterocycles. The summed E-state index contributed by atoms with van der Waals surface area (Å²) in [5, 5.41) is 11.6. The van der Waals surface area contributed by atoms with Crippen molar-refractivity contribution < 1.29 is 14.8 Å². The highest BCUT2D eigenvalue weighted by atomic mass is 16.7. The number of rotatable bonds is 5. The Kier molecular flexibility index (Phi) is 6.39. The topological polar surface area (TPSA) is 74.2 Å². The van der Waals surface area contributed by atoms with E-state index in [1.807, 2.05) is 0 Å². The summed E-state index contributed by atoms with van der Waals surface area (Å²) in [5.74, 6) is 0. The lowest BCUT2D eigenvalue weighted by Gasteiger charge is -2.32. The van der Waals surface area contributed by atoms with Crippen LogP contribution in [0.25, 0.3) is 0 Å². The standard InChI is InChI=1S/C11H21N3O3/c1-2-3-8-17-13-11(15)14-7-5-4-6-10(14)9-12-16/h9-10,16H,2-8H2,1H3,(H,13,15)/b12-9+/t10-/m0/s1. The number of hydrogen-bond acceptors (Lipinski definition) is 4. The van der Waals surface area contributed by atoms with Gasteiger partial charge in [0.1, 0.15) is 0 Å². The van der Waals surface area contributed by atoms with Gasteiger partial charge in [-0.3, -0.25) is 4.84 Å². The van der Waals surface area contributed by atoms with E-state index in [1.54, 1.807) is 4.90 Å². The molecule has 1 aliphatic rings. The van der Waals surface area contributed by atoms with Gasteiger partial charge in [0.2, 0.25) is 0 Å². The van der Waals surface area contributed by atoms with Gasteiger partial charge in [0.15, 0.2) is 0 Å². The van der Waals surface area contributed by atoms with Gasteiger partial charge in [0.25, 0.3) is 0 Å². The highest BCUT2D eigenvalue weighted by molar-refractivity contribution is 5.78. The lowest BCUT2D eigenvalue weighted by Crippen LogP contribution is -2.49. The first kappa shape index (κ1) is 13.8. The molecular formula is C11H21N3O3. The van der Waals surface area contributed by atoms with Crippen molar-refractivity contribution in [1.29, 1.82) is 0 Å². The summed E-state index contributed by atoms with van der Waals surface area (Å²) in [7, 11) is 0. The highest BCUT2D eigenvalue weighted by Gasteiger charge is 2.25. The molecular weight excluding hydrogens is 222 g/mol. The molecule has 0 bridgehead atoms. The average molecular weight is 243 g/mol. The highest BCUT2D eigenvalue weighted by Crippen LogP contribution is 2.15. The van der Waals surface area contributed by atoms with Crippen molar-refractivity contribution in [2.24, 2.45) is 5.16 Å². The summed E-state index contributed by atoms with van der Waals surface area (Å²) in [6, 6.07) is -0.394. The van der Waals surface area contributed by atoms with Gasteiger partial charge in [-0.1, -0.05) is 18.5 Å². The van der Waals surface area contributed by atoms with Crippen LogP contribution in [0.3, 0.4) is 0 Å². The zero-order valence-electron chi connectivity index (χ0n) is 10.3. The summed E-state index contributed by atoms with van der Waals surface area (Å²) in [4.78, 5) is 18.5. The van der Waals surface area contributed by atoms with Crippen molar-refractivity contribution in [2.45, 2.75) is 45.1 Å². The van der Waals surface area contributed by atoms with Gasteiger partial charge in [0, 0.05) is 6.54 Å². The molecule has 1 fully saturated rings. The van der Waals surface area contributed by atoms with E-state index in [1.165, 1.54) is 6.21 Å². The number of oxime groups is 1. The Morgan fingerprint density at radius 2 is 2.47 bits per heavy atom. The Morgan fingerprint density at radius 3 is 3.18 bits per heavy atom. The van der Waals surface area contributed by atoms with Gasteiger partial charge in [-0.05, 0) is 25.7 Å². The van der Waals surface area contributed by atoms with Gasteiger partial charge in [0.05, 0.1) is 18.9 Å². The number of carbonyl (C=O) groups is 1. The lowest BCUT2D eigenvalue weighted by atomic mass is 10.0. The van der Waals surface area contributed by atoms with Crippen LogP contribution >= 0.6 is 0 Å². The number of nitrogens with zero attached hydrogens (tertiary/aromatic N) is 2. The molecule has 0 spiro atoms. The Balaban J connectivity index is 2.36. The van der Waals surface area contributed by atoms with Crippen LogP contribution in [0, 0.1) is 0 Å². The first-order valence-corrected chi connectivity index (χ1v) is 6.15. The number of amides is 2. The Labute approximate surface area is 102 Å². The molecule has 0 saturated carbocycles. The summed E-state index contributed by atoms with van der Waals surface area (Å²) >= 11 is 0. The number of piperidine rings is 1. The van der Waals surface area contributed by atoms with Gasteiger partial charge in [-0.15, -0.1) is 0 Å². The number of hydrogen-bond donors (Lipinski definition) is 2. The van der Waals surface area contributed by atoms with E-state index < -0.39 is 0 Å². The average Bonchev–Trinajstić information content (AvgIpc) is 2.35. The first-order chi connectivity index (χ1) is 8.29. The molecule has 2 amide bonds. The normalized spacial score (nSPS) is 20.8. The van der Waals surface area contributed by atoms with E-state index in [2.05, 4.69) is 17.6 Å². The number of likely N-dealkylation sites (tertiary alicyclic amines) is 1. The van der Waals surface area contributed by atoms with Crippen molar-refractivity contribution in [1.82, 2.24) is 10.4 Å². The van der Waals surface area contributed by atoms with Gasteiger partial charge < -0.3 is 10.1 Å². The molecule has 1 atom stereocenters. The second-order valence-electron chi connectivity index (χ2n) is 4.13. The third kappa shape index (κ3) is 4.60. The van der Waals surface area contributed by atoms with E-state index in [9.17, 15) is 4.79 Å². The molecule has 17 heavy (non-hydrogen) atoms. The molecule has 6 nitrogen and oxygen atoms in total. The Hall–Kier alpha value is -1.30. The van der Waals surface area contributed by atoms with Crippen molar-refractivity contribution in [2.75, 3.05) is 13.2 Å². The Morgan fingerprint density at radius 1 is 1.65 bits per heavy atom. The predicted molar refractivity (Wildman–Crippen MR) is 64.0 cm³/mol. The molecule has 0 unspecified atom stereocenters. The molecule has 1 heterocycles. The van der Waals surface area contributed by atoms with Gasteiger partial charge in [-0.25, -0.2) is 10.3 Å². The minimum Gasteiger partial charge on any atom is -0.411 e. The second kappa shape index (κ2) is 7.89. The van der Waals surface area contributed by atoms with Crippen molar-refractivity contribution in [3.05, 3.63) is 0 Å². The number of urea groups is 1. The third-order valence-electron chi connectivity index (χ3n) is 2.81. The van der Waals surface area contributed by atoms with Gasteiger partial charge >= 0.3 is 6.03 Å². The summed E-state index contributed by atoms with van der Waals surface area (Å²) in [6.07, 6.45) is 6.17. The number of hydroxylamine groups is 1. The smallest absolute Gasteiger partial charge is 0.341 e. The van der Waals surface area contributed by atoms with Crippen LogP contribution in [0.2, 0.25) is 0 Å². The lowest BCUT2D eigenvalue weighted by molar-refractivity contribution is 0.0410. The van der Waals surface area contributed by atoms with E-state index in [-0.39, 0.29) is 12.1 Å². The quantitative estimate of drug-likeness (QED) is 0.334. The number of unbranched alkanes of at least 4 members (excludes halogenated alkanes) is 1. The number of nitrogens with one attached hydrogen (secondary N) is 1. The molecule has 1 rings (SSSR count).